The number of nitrogens with zero attached hydrogens (tertiary/aromatic N) is 4. The fraction of sp³-hybridized carbons (Fsp3) is 0.396. The lowest BCUT2D eigenvalue weighted by atomic mass is 9.81. The molecule has 0 N–H and O–H groups in total. The number of para-hydroxylation sites is 2. The summed E-state index contributed by atoms with van der Waals surface area (Å²) in [6, 6.07) is 28.8. The summed E-state index contributed by atoms with van der Waals surface area (Å²) in [5.41, 5.74) is 10.7. The fourth-order valence-electron chi connectivity index (χ4n) is 10.6. The van der Waals surface area contributed by atoms with Gasteiger partial charge in [0.15, 0.2) is 12.2 Å². The quantitative estimate of drug-likeness (QED) is 0.151. The van der Waals surface area contributed by atoms with Gasteiger partial charge in [0.1, 0.15) is 17.2 Å². The lowest BCUT2D eigenvalue weighted by Crippen LogP contribution is -2.39. The number of amides is 2. The lowest BCUT2D eigenvalue weighted by molar-refractivity contribution is -0.191. The number of rotatable bonds is 6. The molecule has 0 bridgehead atoms. The van der Waals surface area contributed by atoms with Crippen LogP contribution < -0.4 is 14.2 Å². The van der Waals surface area contributed by atoms with Gasteiger partial charge in [-0.3, -0.25) is 14.4 Å². The van der Waals surface area contributed by atoms with Crippen molar-refractivity contribution in [2.45, 2.75) is 108 Å². The van der Waals surface area contributed by atoms with Gasteiger partial charge >= 0.3 is 6.15 Å². The van der Waals surface area contributed by atoms with Crippen molar-refractivity contribution in [2.75, 3.05) is 28.2 Å². The first-order valence-electron chi connectivity index (χ1n) is 22.9. The molecule has 65 heavy (non-hydrogen) atoms. The Morgan fingerprint density at radius 3 is 1.51 bits per heavy atom. The van der Waals surface area contributed by atoms with Crippen LogP contribution in [-0.4, -0.2) is 83.8 Å². The minimum absolute atomic E-state index is 0.00590. The SMILES string of the molecule is CN(C)C(=O)C1Cn2c(c(C3CCCCC3)c3ccc(OC=O)cc32)-c2ccccc2O1.Cc1ccc2c(C3CCCCC3)c3n(c2c1)CC(C(=O)N(C)C)Oc1ccccc1-3.O=C=O. The summed E-state index contributed by atoms with van der Waals surface area (Å²) in [6.07, 6.45) is 11.5. The van der Waals surface area contributed by atoms with Crippen molar-refractivity contribution >= 4 is 46.2 Å². The van der Waals surface area contributed by atoms with Crippen molar-refractivity contribution in [3.05, 3.63) is 102 Å². The third-order valence-corrected chi connectivity index (χ3v) is 13.5. The first kappa shape index (κ1) is 44.9. The Balaban J connectivity index is 0.000000168. The van der Waals surface area contributed by atoms with Gasteiger partial charge in [0.2, 0.25) is 0 Å². The second-order valence-corrected chi connectivity index (χ2v) is 18.1. The van der Waals surface area contributed by atoms with Crippen LogP contribution in [0.4, 0.5) is 0 Å². The number of carbonyl (C=O) groups is 3. The highest BCUT2D eigenvalue weighted by Gasteiger charge is 2.36. The highest BCUT2D eigenvalue weighted by atomic mass is 16.5. The van der Waals surface area contributed by atoms with Crippen LogP contribution in [-0.2, 0) is 37.1 Å². The van der Waals surface area contributed by atoms with Crippen LogP contribution >= 0.6 is 0 Å². The summed E-state index contributed by atoms with van der Waals surface area (Å²) in [7, 11) is 7.10. The average Bonchev–Trinajstić information content (AvgIpc) is 3.65. The van der Waals surface area contributed by atoms with E-state index in [2.05, 4.69) is 58.5 Å². The molecule has 4 heterocycles. The summed E-state index contributed by atoms with van der Waals surface area (Å²) >= 11 is 0. The van der Waals surface area contributed by atoms with Crippen LogP contribution in [0.3, 0.4) is 0 Å². The van der Waals surface area contributed by atoms with Gasteiger partial charge in [0.25, 0.3) is 18.3 Å². The number of ether oxygens (including phenoxy) is 3. The van der Waals surface area contributed by atoms with Gasteiger partial charge in [-0.05, 0) is 104 Å². The standard InChI is InChI=1S/C26H28N2O4.C26H30N2O2.CO2/c1-27(2)26(30)23-15-28-21-14-18(31-16-29)12-13-19(21)24(17-8-4-3-5-9-17)25(28)20-10-6-7-11-22(20)32-23;1-17-13-14-19-21(15-17)28-16-23(26(29)27(2)3)30-22-12-8-7-11-20(22)25(28)24(19)18-9-5-4-6-10-18;2-1-3/h6-7,10-14,16-17,23H,3-5,8-9,15H2,1-2H3;7-8,11-15,18,23H,4-6,9-10,16H2,1-3H3;. The van der Waals surface area contributed by atoms with E-state index in [-0.39, 0.29) is 18.0 Å². The number of aryl methyl sites for hydroxylation is 1. The second kappa shape index (κ2) is 19.6. The van der Waals surface area contributed by atoms with Crippen LogP contribution in [0.25, 0.3) is 44.3 Å². The Morgan fingerprint density at radius 2 is 1.06 bits per heavy atom. The minimum atomic E-state index is -0.641. The summed E-state index contributed by atoms with van der Waals surface area (Å²) < 4.78 is 22.4. The summed E-state index contributed by atoms with van der Waals surface area (Å²) in [6.45, 7) is 3.53. The molecule has 12 heteroatoms. The van der Waals surface area contributed by atoms with E-state index in [0.717, 1.165) is 52.1 Å². The molecule has 0 radical (unpaired) electrons. The normalized spacial score (nSPS) is 17.9. The minimum Gasteiger partial charge on any atom is -0.478 e. The third kappa shape index (κ3) is 8.92. The third-order valence-electron chi connectivity index (χ3n) is 13.5. The molecule has 2 atom stereocenters. The Bertz CT molecular complexity index is 2750. The molecule has 2 unspecified atom stereocenters. The van der Waals surface area contributed by atoms with Crippen molar-refractivity contribution in [1.82, 2.24) is 18.9 Å². The highest BCUT2D eigenvalue weighted by Crippen LogP contribution is 2.49. The van der Waals surface area contributed by atoms with Gasteiger partial charge in [0.05, 0.1) is 30.0 Å². The molecule has 4 aromatic carbocycles. The van der Waals surface area contributed by atoms with Gasteiger partial charge in [0, 0.05) is 61.7 Å². The number of carbonyl (C=O) groups excluding carboxylic acids is 5. The lowest BCUT2D eigenvalue weighted by Gasteiger charge is -2.23. The maximum absolute atomic E-state index is 13.0. The van der Waals surface area contributed by atoms with E-state index in [1.54, 1.807) is 38.0 Å². The van der Waals surface area contributed by atoms with Gasteiger partial charge in [-0.1, -0.05) is 74.9 Å². The van der Waals surface area contributed by atoms with Crippen molar-refractivity contribution in [3.63, 3.8) is 0 Å². The number of likely N-dealkylation sites (N-methyl/N-ethyl adjacent to an activating group) is 2. The van der Waals surface area contributed by atoms with Crippen molar-refractivity contribution in [1.29, 1.82) is 0 Å². The molecule has 2 saturated carbocycles. The molecule has 2 fully saturated rings. The van der Waals surface area contributed by atoms with E-state index in [4.69, 9.17) is 23.8 Å². The predicted octanol–water partition coefficient (Wildman–Crippen LogP) is 9.67. The Hall–Kier alpha value is -6.65. The second-order valence-electron chi connectivity index (χ2n) is 18.1. The zero-order chi connectivity index (χ0) is 45.8. The molecule has 10 rings (SSSR count). The fourth-order valence-corrected chi connectivity index (χ4v) is 10.6. The molecule has 12 nitrogen and oxygen atoms in total. The summed E-state index contributed by atoms with van der Waals surface area (Å²) in [4.78, 5) is 56.4. The molecule has 0 spiro atoms. The summed E-state index contributed by atoms with van der Waals surface area (Å²) in [5, 5.41) is 2.51. The predicted molar refractivity (Wildman–Crippen MR) is 249 cm³/mol. The van der Waals surface area contributed by atoms with Crippen LogP contribution in [0, 0.1) is 6.92 Å². The first-order chi connectivity index (χ1) is 31.5. The Labute approximate surface area is 380 Å². The first-order valence-corrected chi connectivity index (χ1v) is 22.9. The molecular weight excluding hydrogens is 821 g/mol. The topological polar surface area (TPSA) is 129 Å². The number of hydrogen-bond acceptors (Lipinski definition) is 8. The molecule has 338 valence electrons. The van der Waals surface area contributed by atoms with E-state index >= 15 is 0 Å². The molecular formula is C53H58N4O8. The van der Waals surface area contributed by atoms with Gasteiger partial charge in [-0.2, -0.15) is 9.59 Å². The Morgan fingerprint density at radius 1 is 0.631 bits per heavy atom. The molecule has 2 aromatic heterocycles. The van der Waals surface area contributed by atoms with Crippen LogP contribution in [0.15, 0.2) is 84.9 Å². The van der Waals surface area contributed by atoms with E-state index in [1.165, 1.54) is 84.7 Å². The molecule has 0 saturated heterocycles. The van der Waals surface area contributed by atoms with Gasteiger partial charge < -0.3 is 33.1 Å². The van der Waals surface area contributed by atoms with Gasteiger partial charge in [-0.25, -0.2) is 0 Å². The monoisotopic (exact) mass is 878 g/mol. The zero-order valence-corrected chi connectivity index (χ0v) is 38.0. The zero-order valence-electron chi connectivity index (χ0n) is 38.0. The van der Waals surface area contributed by atoms with Crippen LogP contribution in [0.5, 0.6) is 17.2 Å². The highest BCUT2D eigenvalue weighted by molar-refractivity contribution is 5.97. The van der Waals surface area contributed by atoms with Gasteiger partial charge in [-0.15, -0.1) is 0 Å². The maximum Gasteiger partial charge on any atom is 0.373 e. The number of aromatic nitrogens is 2. The van der Waals surface area contributed by atoms with Crippen molar-refractivity contribution < 1.29 is 38.2 Å². The molecule has 4 aliphatic rings. The maximum atomic E-state index is 13.0. The Kier molecular flexibility index (Phi) is 13.6. The van der Waals surface area contributed by atoms with Crippen LogP contribution in [0.1, 0.15) is 92.7 Å². The molecule has 2 aliphatic carbocycles. The van der Waals surface area contributed by atoms with Crippen molar-refractivity contribution in [3.8, 4) is 39.8 Å². The van der Waals surface area contributed by atoms with Crippen molar-refractivity contribution in [2.24, 2.45) is 0 Å². The molecule has 6 aromatic rings. The largest absolute Gasteiger partial charge is 0.478 e. The average molecular weight is 879 g/mol. The van der Waals surface area contributed by atoms with E-state index < -0.39 is 12.2 Å². The number of fused-ring (bicyclic) bond motifs is 10. The summed E-state index contributed by atoms with van der Waals surface area (Å²) in [5.74, 6) is 2.99. The van der Waals surface area contributed by atoms with E-state index in [1.807, 2.05) is 42.5 Å². The van der Waals surface area contributed by atoms with E-state index in [0.29, 0.717) is 37.1 Å². The molecule has 2 aliphatic heterocycles. The molecule has 2 amide bonds. The smallest absolute Gasteiger partial charge is 0.373 e. The van der Waals surface area contributed by atoms with Crippen LogP contribution in [0.2, 0.25) is 0 Å². The van der Waals surface area contributed by atoms with E-state index in [9.17, 15) is 14.4 Å². The number of benzene rings is 4. The number of hydrogen-bond donors (Lipinski definition) is 0.